The van der Waals surface area contributed by atoms with E-state index in [-0.39, 0.29) is 5.91 Å². The molecule has 3 N–H and O–H groups in total. The number of hydrogen-bond acceptors (Lipinski definition) is 5. The standard InChI is InChI=1S/C20H28N4O5/c1-5-11-21-17(26)13(3)22-16(25)12-24-18(27)20(6-2,23-19(24)28)14-7-9-15(29-4)10-8-14/h7-10,13H,5-6,11-12H2,1-4H3,(H,21,26)(H,22,25)(H,23,28)/t13-,20+/m1/s1. The van der Waals surface area contributed by atoms with E-state index in [4.69, 9.17) is 4.74 Å². The van der Waals surface area contributed by atoms with Gasteiger partial charge in [-0.2, -0.15) is 0 Å². The van der Waals surface area contributed by atoms with Crippen molar-refractivity contribution in [2.24, 2.45) is 0 Å². The third kappa shape index (κ3) is 4.67. The fraction of sp³-hybridized carbons (Fsp3) is 0.500. The summed E-state index contributed by atoms with van der Waals surface area (Å²) in [5, 5.41) is 7.91. The van der Waals surface area contributed by atoms with Crippen LogP contribution in [-0.4, -0.2) is 54.9 Å². The number of carbonyl (C=O) groups excluding carboxylic acids is 4. The number of carbonyl (C=O) groups is 4. The average Bonchev–Trinajstić information content (AvgIpc) is 2.96. The lowest BCUT2D eigenvalue weighted by Crippen LogP contribution is -2.49. The van der Waals surface area contributed by atoms with Gasteiger partial charge in [-0.05, 0) is 37.5 Å². The van der Waals surface area contributed by atoms with Crippen LogP contribution >= 0.6 is 0 Å². The summed E-state index contributed by atoms with van der Waals surface area (Å²) in [4.78, 5) is 50.6. The molecule has 0 aliphatic carbocycles. The van der Waals surface area contributed by atoms with E-state index in [2.05, 4.69) is 16.0 Å². The molecule has 0 aromatic heterocycles. The Hall–Kier alpha value is -3.10. The van der Waals surface area contributed by atoms with E-state index in [9.17, 15) is 19.2 Å². The molecule has 1 aromatic rings. The van der Waals surface area contributed by atoms with Crippen molar-refractivity contribution in [2.45, 2.75) is 45.2 Å². The van der Waals surface area contributed by atoms with Crippen molar-refractivity contribution in [3.8, 4) is 5.75 Å². The summed E-state index contributed by atoms with van der Waals surface area (Å²) >= 11 is 0. The van der Waals surface area contributed by atoms with Gasteiger partial charge in [-0.3, -0.25) is 19.3 Å². The molecule has 29 heavy (non-hydrogen) atoms. The maximum Gasteiger partial charge on any atom is 0.325 e. The lowest BCUT2D eigenvalue weighted by molar-refractivity contribution is -0.136. The highest BCUT2D eigenvalue weighted by Gasteiger charge is 2.51. The first kappa shape index (κ1) is 22.2. The zero-order valence-corrected chi connectivity index (χ0v) is 17.2. The Bertz CT molecular complexity index is 780. The number of rotatable bonds is 9. The summed E-state index contributed by atoms with van der Waals surface area (Å²) in [6.45, 7) is 5.29. The van der Waals surface area contributed by atoms with Gasteiger partial charge in [0.05, 0.1) is 7.11 Å². The minimum absolute atomic E-state index is 0.317. The largest absolute Gasteiger partial charge is 0.497 e. The normalized spacial score (nSPS) is 19.5. The van der Waals surface area contributed by atoms with Crippen LogP contribution in [0.5, 0.6) is 5.75 Å². The van der Waals surface area contributed by atoms with Gasteiger partial charge in [-0.15, -0.1) is 0 Å². The molecule has 2 rings (SSSR count). The number of imide groups is 1. The number of methoxy groups -OCH3 is 1. The number of nitrogens with zero attached hydrogens (tertiary/aromatic N) is 1. The topological polar surface area (TPSA) is 117 Å². The summed E-state index contributed by atoms with van der Waals surface area (Å²) in [5.74, 6) is -0.787. The average molecular weight is 404 g/mol. The maximum atomic E-state index is 13.1. The lowest BCUT2D eigenvalue weighted by Gasteiger charge is -2.26. The lowest BCUT2D eigenvalue weighted by atomic mass is 9.87. The first-order chi connectivity index (χ1) is 13.8. The highest BCUT2D eigenvalue weighted by molar-refractivity contribution is 6.09. The minimum atomic E-state index is -1.24. The highest BCUT2D eigenvalue weighted by Crippen LogP contribution is 2.33. The Morgan fingerprint density at radius 3 is 2.41 bits per heavy atom. The van der Waals surface area contributed by atoms with Crippen LogP contribution in [0.4, 0.5) is 4.79 Å². The van der Waals surface area contributed by atoms with Crippen LogP contribution in [-0.2, 0) is 19.9 Å². The van der Waals surface area contributed by atoms with Gasteiger partial charge in [-0.25, -0.2) is 4.79 Å². The van der Waals surface area contributed by atoms with Gasteiger partial charge < -0.3 is 20.7 Å². The molecule has 9 nitrogen and oxygen atoms in total. The minimum Gasteiger partial charge on any atom is -0.497 e. The van der Waals surface area contributed by atoms with E-state index in [1.54, 1.807) is 38.1 Å². The first-order valence-corrected chi connectivity index (χ1v) is 9.64. The summed E-state index contributed by atoms with van der Waals surface area (Å²) in [6, 6.07) is 5.42. The molecule has 158 valence electrons. The van der Waals surface area contributed by atoms with Crippen LogP contribution in [0, 0.1) is 0 Å². The zero-order chi connectivity index (χ0) is 21.6. The van der Waals surface area contributed by atoms with Crippen LogP contribution in [0.2, 0.25) is 0 Å². The van der Waals surface area contributed by atoms with E-state index in [0.717, 1.165) is 11.3 Å². The number of benzene rings is 1. The molecule has 1 aromatic carbocycles. The molecule has 0 saturated carbocycles. The molecule has 1 heterocycles. The summed E-state index contributed by atoms with van der Waals surface area (Å²) < 4.78 is 5.13. The van der Waals surface area contributed by atoms with Crippen molar-refractivity contribution in [3.63, 3.8) is 0 Å². The number of urea groups is 1. The van der Waals surface area contributed by atoms with E-state index in [1.165, 1.54) is 7.11 Å². The molecule has 0 spiro atoms. The van der Waals surface area contributed by atoms with Crippen LogP contribution < -0.4 is 20.7 Å². The van der Waals surface area contributed by atoms with E-state index < -0.39 is 36.0 Å². The SMILES string of the molecule is CCCNC(=O)[C@@H](C)NC(=O)CN1C(=O)N[C@@](CC)(c2ccc(OC)cc2)C1=O. The second-order valence-corrected chi connectivity index (χ2v) is 6.89. The Labute approximate surface area is 170 Å². The zero-order valence-electron chi connectivity index (χ0n) is 17.2. The van der Waals surface area contributed by atoms with Crippen LogP contribution in [0.15, 0.2) is 24.3 Å². The molecule has 1 aliphatic rings. The second-order valence-electron chi connectivity index (χ2n) is 6.89. The molecule has 0 radical (unpaired) electrons. The predicted octanol–water partition coefficient (Wildman–Crippen LogP) is 0.883. The van der Waals surface area contributed by atoms with Crippen molar-refractivity contribution in [2.75, 3.05) is 20.2 Å². The van der Waals surface area contributed by atoms with Gasteiger partial charge in [-0.1, -0.05) is 26.0 Å². The number of nitrogens with one attached hydrogen (secondary N) is 3. The Balaban J connectivity index is 2.10. The van der Waals surface area contributed by atoms with E-state index >= 15 is 0 Å². The molecule has 0 bridgehead atoms. The molecule has 5 amide bonds. The van der Waals surface area contributed by atoms with Crippen molar-refractivity contribution in [3.05, 3.63) is 29.8 Å². The van der Waals surface area contributed by atoms with Crippen molar-refractivity contribution < 1.29 is 23.9 Å². The van der Waals surface area contributed by atoms with Crippen molar-refractivity contribution >= 4 is 23.8 Å². The predicted molar refractivity (Wildman–Crippen MR) is 106 cm³/mol. The number of amides is 5. The van der Waals surface area contributed by atoms with Gasteiger partial charge in [0.15, 0.2) is 0 Å². The number of hydrogen-bond donors (Lipinski definition) is 3. The van der Waals surface area contributed by atoms with Crippen LogP contribution in [0.1, 0.15) is 39.2 Å². The van der Waals surface area contributed by atoms with Crippen molar-refractivity contribution in [1.29, 1.82) is 0 Å². The van der Waals surface area contributed by atoms with E-state index in [0.29, 0.717) is 24.3 Å². The fourth-order valence-corrected chi connectivity index (χ4v) is 3.18. The summed E-state index contributed by atoms with van der Waals surface area (Å²) in [7, 11) is 1.54. The Morgan fingerprint density at radius 1 is 1.21 bits per heavy atom. The van der Waals surface area contributed by atoms with Gasteiger partial charge in [0.25, 0.3) is 5.91 Å². The van der Waals surface area contributed by atoms with Gasteiger partial charge in [0.2, 0.25) is 11.8 Å². The molecule has 9 heteroatoms. The smallest absolute Gasteiger partial charge is 0.325 e. The quantitative estimate of drug-likeness (QED) is 0.529. The van der Waals surface area contributed by atoms with Gasteiger partial charge >= 0.3 is 6.03 Å². The molecule has 1 aliphatic heterocycles. The Morgan fingerprint density at radius 2 is 1.86 bits per heavy atom. The van der Waals surface area contributed by atoms with Crippen LogP contribution in [0.25, 0.3) is 0 Å². The van der Waals surface area contributed by atoms with Crippen molar-refractivity contribution in [1.82, 2.24) is 20.9 Å². The molecular weight excluding hydrogens is 376 g/mol. The van der Waals surface area contributed by atoms with Gasteiger partial charge in [0.1, 0.15) is 23.9 Å². The third-order valence-corrected chi connectivity index (χ3v) is 4.91. The van der Waals surface area contributed by atoms with E-state index in [1.807, 2.05) is 6.92 Å². The number of ether oxygens (including phenoxy) is 1. The van der Waals surface area contributed by atoms with Crippen LogP contribution in [0.3, 0.4) is 0 Å². The highest BCUT2D eigenvalue weighted by atomic mass is 16.5. The third-order valence-electron chi connectivity index (χ3n) is 4.91. The molecule has 2 atom stereocenters. The summed E-state index contributed by atoms with van der Waals surface area (Å²) in [5.41, 5.74) is -0.636. The molecule has 1 saturated heterocycles. The molecular formula is C20H28N4O5. The first-order valence-electron chi connectivity index (χ1n) is 9.64. The Kier molecular flexibility index (Phi) is 7.19. The maximum absolute atomic E-state index is 13.1. The summed E-state index contributed by atoms with van der Waals surface area (Å²) in [6.07, 6.45) is 1.09. The second kappa shape index (κ2) is 9.40. The fourth-order valence-electron chi connectivity index (χ4n) is 3.18. The monoisotopic (exact) mass is 404 g/mol. The van der Waals surface area contributed by atoms with Gasteiger partial charge in [0, 0.05) is 6.54 Å². The molecule has 0 unspecified atom stereocenters. The molecule has 1 fully saturated rings.